The molecule has 1 N–H and O–H groups in total. The van der Waals surface area contributed by atoms with Crippen molar-refractivity contribution in [1.82, 2.24) is 15.0 Å². The van der Waals surface area contributed by atoms with Gasteiger partial charge in [0, 0.05) is 44.9 Å². The zero-order valence-electron chi connectivity index (χ0n) is 17.6. The summed E-state index contributed by atoms with van der Waals surface area (Å²) in [6.45, 7) is 12.3. The van der Waals surface area contributed by atoms with Crippen molar-refractivity contribution in [2.24, 2.45) is 0 Å². The molecule has 152 valence electrons. The minimum Gasteiger partial charge on any atom is -0.346 e. The summed E-state index contributed by atoms with van der Waals surface area (Å²) in [7, 11) is -1.43. The molecule has 0 radical (unpaired) electrons. The zero-order chi connectivity index (χ0) is 21.8. The van der Waals surface area contributed by atoms with Crippen molar-refractivity contribution >= 4 is 56.8 Å². The van der Waals surface area contributed by atoms with Crippen LogP contribution in [0.25, 0.3) is 11.0 Å². The van der Waals surface area contributed by atoms with Crippen LogP contribution in [0.4, 0.5) is 0 Å². The molecular formula is C22H25Br2N3OSi. The lowest BCUT2D eigenvalue weighted by atomic mass is 10.1. The lowest BCUT2D eigenvalue weighted by Gasteiger charge is -2.09. The second-order valence-electron chi connectivity index (χ2n) is 7.90. The maximum absolute atomic E-state index is 11.3. The fraction of sp³-hybridized carbons (Fsp3) is 0.318. The number of hydrogen-bond donors (Lipinski definition) is 1. The Balaban J connectivity index is 0.000000230. The summed E-state index contributed by atoms with van der Waals surface area (Å²) >= 11 is 6.89. The lowest BCUT2D eigenvalue weighted by molar-refractivity contribution is -0.116. The van der Waals surface area contributed by atoms with Crippen LogP contribution in [0.3, 0.4) is 0 Å². The standard InChI is InChI=1S/C14H18BrNOSi.C8H7BrN2/c1-10(17)8-14-12(6-7-18(3,4)5)11(2)13(15)9-16-14;1-5-6-2-3-10-8(6)11-4-7(5)9/h9H,8H2,1-5H3;2-4H,1H3,(H,10,11). The first kappa shape index (κ1) is 23.5. The molecule has 0 spiro atoms. The molecule has 0 fully saturated rings. The average molecular weight is 535 g/mol. The summed E-state index contributed by atoms with van der Waals surface area (Å²) in [4.78, 5) is 22.9. The highest BCUT2D eigenvalue weighted by molar-refractivity contribution is 9.10. The van der Waals surface area contributed by atoms with Crippen molar-refractivity contribution in [3.8, 4) is 11.5 Å². The highest BCUT2D eigenvalue weighted by Crippen LogP contribution is 2.22. The molecule has 3 rings (SSSR count). The Morgan fingerprint density at radius 1 is 1.10 bits per heavy atom. The van der Waals surface area contributed by atoms with E-state index in [1.807, 2.05) is 25.4 Å². The first-order valence-electron chi connectivity index (χ1n) is 9.24. The average Bonchev–Trinajstić information content (AvgIpc) is 3.10. The summed E-state index contributed by atoms with van der Waals surface area (Å²) in [6.07, 6.45) is 5.81. The topological polar surface area (TPSA) is 58.6 Å². The van der Waals surface area contributed by atoms with Gasteiger partial charge in [0.05, 0.1) is 5.69 Å². The number of nitrogens with one attached hydrogen (secondary N) is 1. The Morgan fingerprint density at radius 3 is 2.34 bits per heavy atom. The Bertz CT molecular complexity index is 1100. The van der Waals surface area contributed by atoms with Crippen molar-refractivity contribution in [3.05, 3.63) is 56.0 Å². The number of Topliss-reactive ketones (excluding diaryl/α,β-unsaturated/α-hetero) is 1. The molecule has 7 heteroatoms. The van der Waals surface area contributed by atoms with Crippen molar-refractivity contribution in [1.29, 1.82) is 0 Å². The molecule has 0 amide bonds. The molecule has 0 bridgehead atoms. The summed E-state index contributed by atoms with van der Waals surface area (Å²) in [6, 6.07) is 2.03. The van der Waals surface area contributed by atoms with E-state index in [0.29, 0.717) is 6.42 Å². The van der Waals surface area contributed by atoms with Gasteiger partial charge in [0.2, 0.25) is 0 Å². The number of pyridine rings is 2. The molecule has 0 atom stereocenters. The van der Waals surface area contributed by atoms with Crippen LogP contribution >= 0.6 is 31.9 Å². The van der Waals surface area contributed by atoms with Gasteiger partial charge in [-0.1, -0.05) is 25.6 Å². The van der Waals surface area contributed by atoms with Gasteiger partial charge in [-0.25, -0.2) is 4.98 Å². The summed E-state index contributed by atoms with van der Waals surface area (Å²) < 4.78 is 2.00. The molecule has 0 aliphatic carbocycles. The van der Waals surface area contributed by atoms with Crippen molar-refractivity contribution < 1.29 is 4.79 Å². The maximum atomic E-state index is 11.3. The molecular weight excluding hydrogens is 510 g/mol. The first-order chi connectivity index (χ1) is 13.5. The Hall–Kier alpha value is -1.75. The zero-order valence-corrected chi connectivity index (χ0v) is 21.7. The van der Waals surface area contributed by atoms with Crippen LogP contribution in [0.1, 0.15) is 29.3 Å². The van der Waals surface area contributed by atoms with Gasteiger partial charge in [-0.2, -0.15) is 0 Å². The van der Waals surface area contributed by atoms with Crippen LogP contribution in [0.15, 0.2) is 33.6 Å². The first-order valence-corrected chi connectivity index (χ1v) is 14.3. The fourth-order valence-electron chi connectivity index (χ4n) is 2.53. The van der Waals surface area contributed by atoms with Crippen LogP contribution in [0, 0.1) is 25.3 Å². The van der Waals surface area contributed by atoms with Crippen LogP contribution in [-0.2, 0) is 11.2 Å². The van der Waals surface area contributed by atoms with E-state index in [-0.39, 0.29) is 5.78 Å². The van der Waals surface area contributed by atoms with E-state index in [4.69, 9.17) is 0 Å². The molecule has 0 aromatic carbocycles. The van der Waals surface area contributed by atoms with Gasteiger partial charge < -0.3 is 4.98 Å². The third-order valence-corrected chi connectivity index (χ3v) is 6.60. The Morgan fingerprint density at radius 2 is 1.72 bits per heavy atom. The lowest BCUT2D eigenvalue weighted by Crippen LogP contribution is -2.16. The molecule has 0 unspecified atom stereocenters. The van der Waals surface area contributed by atoms with E-state index in [0.717, 1.165) is 31.4 Å². The Kier molecular flexibility index (Phi) is 7.98. The normalized spacial score (nSPS) is 10.8. The van der Waals surface area contributed by atoms with Crippen LogP contribution < -0.4 is 0 Å². The third-order valence-electron chi connectivity index (χ3n) is 4.13. The highest BCUT2D eigenvalue weighted by Gasteiger charge is 2.12. The highest BCUT2D eigenvalue weighted by atomic mass is 79.9. The predicted octanol–water partition coefficient (Wildman–Crippen LogP) is 6.15. The van der Waals surface area contributed by atoms with E-state index in [1.54, 1.807) is 13.1 Å². The predicted molar refractivity (Wildman–Crippen MR) is 130 cm³/mol. The number of aromatic amines is 1. The van der Waals surface area contributed by atoms with Gasteiger partial charge in [0.25, 0.3) is 0 Å². The number of rotatable bonds is 2. The van der Waals surface area contributed by atoms with Gasteiger partial charge in [-0.15, -0.1) is 5.54 Å². The molecule has 3 aromatic heterocycles. The number of fused-ring (bicyclic) bond motifs is 1. The van der Waals surface area contributed by atoms with E-state index < -0.39 is 8.07 Å². The number of aryl methyl sites for hydroxylation is 1. The number of ketones is 1. The number of nitrogens with zero attached hydrogens (tertiary/aromatic N) is 2. The second kappa shape index (κ2) is 9.83. The molecule has 3 aromatic rings. The molecule has 3 heterocycles. The molecule has 29 heavy (non-hydrogen) atoms. The van der Waals surface area contributed by atoms with Crippen LogP contribution in [-0.4, -0.2) is 28.8 Å². The van der Waals surface area contributed by atoms with Gasteiger partial charge >= 0.3 is 0 Å². The van der Waals surface area contributed by atoms with Gasteiger partial charge in [-0.05, 0) is 69.8 Å². The SMILES string of the molecule is CC(=O)Cc1ncc(Br)c(C)c1C#C[Si](C)(C)C.Cc1c(Br)cnc2[nH]ccc12. The maximum Gasteiger partial charge on any atom is 0.137 e. The minimum absolute atomic E-state index is 0.111. The summed E-state index contributed by atoms with van der Waals surface area (Å²) in [5.41, 5.74) is 8.27. The number of H-pyrrole nitrogens is 1. The second-order valence-corrected chi connectivity index (χ2v) is 14.4. The van der Waals surface area contributed by atoms with Crippen molar-refractivity contribution in [2.75, 3.05) is 0 Å². The van der Waals surface area contributed by atoms with Gasteiger partial charge in [0.1, 0.15) is 19.5 Å². The molecule has 0 aliphatic rings. The van der Waals surface area contributed by atoms with Crippen LogP contribution in [0.2, 0.25) is 19.6 Å². The van der Waals surface area contributed by atoms with E-state index in [2.05, 4.69) is 84.8 Å². The van der Waals surface area contributed by atoms with Crippen molar-refractivity contribution in [3.63, 3.8) is 0 Å². The Labute approximate surface area is 190 Å². The molecule has 0 saturated heterocycles. The summed E-state index contributed by atoms with van der Waals surface area (Å²) in [5, 5.41) is 1.18. The number of halogens is 2. The van der Waals surface area contributed by atoms with Crippen LogP contribution in [0.5, 0.6) is 0 Å². The minimum atomic E-state index is -1.43. The largest absolute Gasteiger partial charge is 0.346 e. The van der Waals surface area contributed by atoms with Gasteiger partial charge in [-0.3, -0.25) is 9.78 Å². The van der Waals surface area contributed by atoms with Crippen molar-refractivity contribution in [2.45, 2.75) is 46.8 Å². The van der Waals surface area contributed by atoms with Gasteiger partial charge in [0.15, 0.2) is 0 Å². The quantitative estimate of drug-likeness (QED) is 0.317. The number of hydrogen-bond acceptors (Lipinski definition) is 3. The number of carbonyl (C=O) groups excluding carboxylic acids is 1. The van der Waals surface area contributed by atoms with E-state index in [9.17, 15) is 4.79 Å². The third kappa shape index (κ3) is 6.63. The number of carbonyl (C=O) groups is 1. The summed E-state index contributed by atoms with van der Waals surface area (Å²) in [5.74, 6) is 3.35. The monoisotopic (exact) mass is 533 g/mol. The van der Waals surface area contributed by atoms with E-state index in [1.165, 1.54) is 10.9 Å². The van der Waals surface area contributed by atoms with E-state index >= 15 is 0 Å². The smallest absolute Gasteiger partial charge is 0.137 e. The molecule has 0 saturated carbocycles. The number of aromatic nitrogens is 3. The molecule has 4 nitrogen and oxygen atoms in total. The fourth-order valence-corrected chi connectivity index (χ4v) is 3.65. The molecule has 0 aliphatic heterocycles.